The van der Waals surface area contributed by atoms with E-state index >= 15 is 0 Å². The first-order valence-corrected chi connectivity index (χ1v) is 21.3. The van der Waals surface area contributed by atoms with E-state index in [0.717, 1.165) is 117 Å². The average Bonchev–Trinajstić information content (AvgIpc) is 4.07. The Morgan fingerprint density at radius 3 is 0.794 bits per heavy atom. The van der Waals surface area contributed by atoms with E-state index in [2.05, 4.69) is 232 Å². The summed E-state index contributed by atoms with van der Waals surface area (Å²) >= 11 is 0. The van der Waals surface area contributed by atoms with Crippen molar-refractivity contribution in [3.63, 3.8) is 0 Å². The standard InChI is InChI=1S/C57H36N6/c1-4-25-40(26-5-1)61-52-49(58-55(61)46-34-16-22-37-19-10-13-31-43(37)46)53-51(60-57(62(53)41-27-6-2-7-28-41)48-36-18-24-39-21-12-15-33-45(39)48)54-50(52)59-56(63(54)42-29-8-3-9-30-42)47-35-17-23-38-20-11-14-32-44(38)47/h1-36H. The Balaban J connectivity index is 1.32. The summed E-state index contributed by atoms with van der Waals surface area (Å²) in [5, 5.41) is 6.82. The molecule has 63 heavy (non-hydrogen) atoms. The molecule has 0 saturated carbocycles. The molecule has 0 N–H and O–H groups in total. The first-order valence-electron chi connectivity index (χ1n) is 21.3. The van der Waals surface area contributed by atoms with Crippen LogP contribution in [0.1, 0.15) is 0 Å². The second-order valence-electron chi connectivity index (χ2n) is 16.0. The summed E-state index contributed by atoms with van der Waals surface area (Å²) in [5.41, 5.74) is 11.2. The molecule has 13 rings (SSSR count). The lowest BCUT2D eigenvalue weighted by Crippen LogP contribution is -2.00. The SMILES string of the molecule is c1ccc(-n2c(-c3cccc4ccccc34)nc3c2c2nc(-c4cccc5ccccc45)n(-c4ccccc4)c2c2nc(-c4cccc5ccccc45)n(-c4ccccc4)c32)cc1. The minimum Gasteiger partial charge on any atom is -0.290 e. The van der Waals surface area contributed by atoms with Crippen LogP contribution in [-0.4, -0.2) is 28.7 Å². The predicted octanol–water partition coefficient (Wildman–Crippen LogP) is 14.2. The van der Waals surface area contributed by atoms with Crippen LogP contribution in [0.3, 0.4) is 0 Å². The molecule has 0 bridgehead atoms. The third-order valence-corrected chi connectivity index (χ3v) is 12.4. The van der Waals surface area contributed by atoms with Crippen molar-refractivity contribution in [2.75, 3.05) is 0 Å². The van der Waals surface area contributed by atoms with Crippen LogP contribution in [0.25, 0.3) is 117 Å². The highest BCUT2D eigenvalue weighted by atomic mass is 15.2. The van der Waals surface area contributed by atoms with Gasteiger partial charge in [-0.05, 0) is 68.7 Å². The van der Waals surface area contributed by atoms with E-state index in [4.69, 9.17) is 15.0 Å². The first-order chi connectivity index (χ1) is 31.3. The maximum Gasteiger partial charge on any atom is 0.146 e. The smallest absolute Gasteiger partial charge is 0.146 e. The van der Waals surface area contributed by atoms with E-state index in [9.17, 15) is 0 Å². The van der Waals surface area contributed by atoms with Crippen molar-refractivity contribution in [2.45, 2.75) is 0 Å². The number of para-hydroxylation sites is 3. The molecule has 0 atom stereocenters. The highest BCUT2D eigenvalue weighted by Crippen LogP contribution is 2.46. The molecule has 3 heterocycles. The Morgan fingerprint density at radius 1 is 0.238 bits per heavy atom. The molecule has 0 amide bonds. The Morgan fingerprint density at radius 2 is 0.492 bits per heavy atom. The van der Waals surface area contributed by atoms with Crippen LogP contribution in [-0.2, 0) is 0 Å². The third kappa shape index (κ3) is 5.35. The number of nitrogens with zero attached hydrogens (tertiary/aromatic N) is 6. The van der Waals surface area contributed by atoms with E-state index in [-0.39, 0.29) is 0 Å². The summed E-state index contributed by atoms with van der Waals surface area (Å²) < 4.78 is 6.98. The number of hydrogen-bond donors (Lipinski definition) is 0. The zero-order valence-electron chi connectivity index (χ0n) is 34.0. The quantitative estimate of drug-likeness (QED) is 0.168. The van der Waals surface area contributed by atoms with Gasteiger partial charge in [0, 0.05) is 33.8 Å². The fourth-order valence-electron chi connectivity index (χ4n) is 9.70. The Labute approximate surface area is 362 Å². The van der Waals surface area contributed by atoms with Gasteiger partial charge in [0.25, 0.3) is 0 Å². The van der Waals surface area contributed by atoms with Crippen LogP contribution in [0.2, 0.25) is 0 Å². The predicted molar refractivity (Wildman–Crippen MR) is 259 cm³/mol. The number of aromatic nitrogens is 6. The molecule has 0 fully saturated rings. The van der Waals surface area contributed by atoms with Gasteiger partial charge in [0.15, 0.2) is 0 Å². The number of rotatable bonds is 6. The lowest BCUT2D eigenvalue weighted by molar-refractivity contribution is 1.10. The summed E-state index contributed by atoms with van der Waals surface area (Å²) in [6.07, 6.45) is 0. The van der Waals surface area contributed by atoms with E-state index in [0.29, 0.717) is 0 Å². The third-order valence-electron chi connectivity index (χ3n) is 12.4. The molecule has 0 aliphatic heterocycles. The topological polar surface area (TPSA) is 53.5 Å². The van der Waals surface area contributed by atoms with Gasteiger partial charge in [0.05, 0.1) is 0 Å². The normalized spacial score (nSPS) is 11.8. The number of imidazole rings is 3. The van der Waals surface area contributed by atoms with Gasteiger partial charge in [-0.2, -0.15) is 0 Å². The van der Waals surface area contributed by atoms with Crippen LogP contribution in [0.15, 0.2) is 218 Å². The van der Waals surface area contributed by atoms with Crippen LogP contribution < -0.4 is 0 Å². The molecule has 6 nitrogen and oxygen atoms in total. The maximum atomic E-state index is 5.83. The molecule has 10 aromatic carbocycles. The van der Waals surface area contributed by atoms with Crippen molar-refractivity contribution in [1.29, 1.82) is 0 Å². The van der Waals surface area contributed by atoms with Gasteiger partial charge < -0.3 is 0 Å². The van der Waals surface area contributed by atoms with Crippen LogP contribution in [0.4, 0.5) is 0 Å². The van der Waals surface area contributed by atoms with Gasteiger partial charge in [0.2, 0.25) is 0 Å². The van der Waals surface area contributed by atoms with Crippen LogP contribution in [0, 0.1) is 0 Å². The van der Waals surface area contributed by atoms with Crippen LogP contribution in [0.5, 0.6) is 0 Å². The van der Waals surface area contributed by atoms with E-state index in [1.165, 1.54) is 0 Å². The molecule has 0 spiro atoms. The second kappa shape index (κ2) is 14.0. The monoisotopic (exact) mass is 804 g/mol. The minimum atomic E-state index is 0.814. The van der Waals surface area contributed by atoms with Crippen molar-refractivity contribution in [3.05, 3.63) is 218 Å². The van der Waals surface area contributed by atoms with E-state index in [1.807, 2.05) is 0 Å². The van der Waals surface area contributed by atoms with Crippen LogP contribution >= 0.6 is 0 Å². The summed E-state index contributed by atoms with van der Waals surface area (Å²) in [5.74, 6) is 2.49. The van der Waals surface area contributed by atoms with Crippen molar-refractivity contribution < 1.29 is 0 Å². The lowest BCUT2D eigenvalue weighted by atomic mass is 10.0. The highest BCUT2D eigenvalue weighted by molar-refractivity contribution is 6.23. The number of hydrogen-bond acceptors (Lipinski definition) is 3. The lowest BCUT2D eigenvalue weighted by Gasteiger charge is -2.13. The molecule has 13 aromatic rings. The van der Waals surface area contributed by atoms with Crippen molar-refractivity contribution in [3.8, 4) is 51.2 Å². The maximum absolute atomic E-state index is 5.83. The highest BCUT2D eigenvalue weighted by Gasteiger charge is 2.31. The zero-order chi connectivity index (χ0) is 41.4. The molecule has 294 valence electrons. The van der Waals surface area contributed by atoms with Gasteiger partial charge in [-0.1, -0.05) is 182 Å². The largest absolute Gasteiger partial charge is 0.290 e. The Bertz CT molecular complexity index is 3450. The van der Waals surface area contributed by atoms with Gasteiger partial charge >= 0.3 is 0 Å². The van der Waals surface area contributed by atoms with Gasteiger partial charge in [0.1, 0.15) is 50.6 Å². The summed E-state index contributed by atoms with van der Waals surface area (Å²) in [6, 6.07) is 77.0. The van der Waals surface area contributed by atoms with Gasteiger partial charge in [-0.25, -0.2) is 15.0 Å². The number of benzene rings is 10. The molecule has 6 heteroatoms. The fraction of sp³-hybridized carbons (Fsp3) is 0. The van der Waals surface area contributed by atoms with E-state index in [1.54, 1.807) is 0 Å². The summed E-state index contributed by atoms with van der Waals surface area (Å²) in [4.78, 5) is 17.5. The van der Waals surface area contributed by atoms with Gasteiger partial charge in [-0.3, -0.25) is 13.7 Å². The second-order valence-corrected chi connectivity index (χ2v) is 16.0. The Hall–Kier alpha value is -8.61. The molecule has 0 radical (unpaired) electrons. The molecular weight excluding hydrogens is 769 g/mol. The Kier molecular flexibility index (Phi) is 7.80. The molecule has 0 unspecified atom stereocenters. The summed E-state index contributed by atoms with van der Waals surface area (Å²) in [6.45, 7) is 0. The first kappa shape index (κ1) is 35.2. The molecule has 0 aliphatic carbocycles. The molecule has 0 saturated heterocycles. The minimum absolute atomic E-state index is 0.814. The zero-order valence-corrected chi connectivity index (χ0v) is 34.0. The van der Waals surface area contributed by atoms with Crippen molar-refractivity contribution in [2.24, 2.45) is 0 Å². The molecule has 0 aliphatic rings. The van der Waals surface area contributed by atoms with Crippen molar-refractivity contribution in [1.82, 2.24) is 28.7 Å². The average molecular weight is 805 g/mol. The van der Waals surface area contributed by atoms with E-state index < -0.39 is 0 Å². The molecular formula is C57H36N6. The fourth-order valence-corrected chi connectivity index (χ4v) is 9.70. The number of fused-ring (bicyclic) bond motifs is 9. The van der Waals surface area contributed by atoms with Gasteiger partial charge in [-0.15, -0.1) is 0 Å². The molecule has 3 aromatic heterocycles. The van der Waals surface area contributed by atoms with Crippen molar-refractivity contribution >= 4 is 65.4 Å². The summed E-state index contributed by atoms with van der Waals surface area (Å²) in [7, 11) is 0.